The van der Waals surface area contributed by atoms with Crippen molar-refractivity contribution in [2.75, 3.05) is 0 Å². The van der Waals surface area contributed by atoms with Gasteiger partial charge in [0.1, 0.15) is 6.20 Å². The van der Waals surface area contributed by atoms with Crippen LogP contribution in [0, 0.1) is 10.1 Å². The van der Waals surface area contributed by atoms with Crippen LogP contribution in [0.25, 0.3) is 10.9 Å². The first-order chi connectivity index (χ1) is 9.88. The highest BCUT2D eigenvalue weighted by Gasteiger charge is 2.20. The van der Waals surface area contributed by atoms with Gasteiger partial charge in [0.05, 0.1) is 16.0 Å². The van der Waals surface area contributed by atoms with Crippen molar-refractivity contribution in [3.63, 3.8) is 0 Å². The molecule has 0 spiro atoms. The Hall–Kier alpha value is -2.01. The van der Waals surface area contributed by atoms with Crippen molar-refractivity contribution in [3.8, 4) is 0 Å². The molecule has 114 valence electrons. The molecule has 0 unspecified atom stereocenters. The van der Waals surface area contributed by atoms with Gasteiger partial charge in [0.2, 0.25) is 0 Å². The fraction of sp³-hybridized carbons (Fsp3) is 0.438. The Balaban J connectivity index is 0.00000106. The van der Waals surface area contributed by atoms with Gasteiger partial charge in [0, 0.05) is 10.9 Å². The van der Waals surface area contributed by atoms with E-state index in [4.69, 9.17) is 0 Å². The summed E-state index contributed by atoms with van der Waals surface area (Å²) in [5.74, 6) is 0. The van der Waals surface area contributed by atoms with E-state index in [-0.39, 0.29) is 5.69 Å². The third kappa shape index (κ3) is 4.49. The highest BCUT2D eigenvalue weighted by molar-refractivity contribution is 5.85. The summed E-state index contributed by atoms with van der Waals surface area (Å²) in [5.41, 5.74) is 0.539. The lowest BCUT2D eigenvalue weighted by atomic mass is 9.96. The fourth-order valence-electron chi connectivity index (χ4n) is 2.04. The van der Waals surface area contributed by atoms with Crippen LogP contribution in [0.15, 0.2) is 30.5 Å². The average molecular weight is 290 g/mol. The molecule has 0 bridgehead atoms. The third-order valence-electron chi connectivity index (χ3n) is 3.05. The molecule has 1 aromatic carbocycles. The lowest BCUT2D eigenvalue weighted by molar-refractivity contribution is -0.385. The second-order valence-corrected chi connectivity index (χ2v) is 5.21. The van der Waals surface area contributed by atoms with Crippen LogP contribution in [-0.4, -0.2) is 20.6 Å². The molecular weight excluding hydrogens is 268 g/mol. The van der Waals surface area contributed by atoms with Crippen LogP contribution in [0.3, 0.4) is 0 Å². The van der Waals surface area contributed by atoms with Crippen LogP contribution in [0.1, 0.15) is 39.7 Å². The van der Waals surface area contributed by atoms with E-state index in [1.54, 1.807) is 13.8 Å². The number of hydrogen-bond donors (Lipinski definition) is 1. The molecule has 1 aromatic heterocycles. The Morgan fingerprint density at radius 1 is 1.29 bits per heavy atom. The number of para-hydroxylation sites is 1. The number of aromatic nitrogens is 1. The van der Waals surface area contributed by atoms with E-state index in [2.05, 4.69) is 4.98 Å². The largest absolute Gasteiger partial charge is 0.390 e. The Bertz CT molecular complexity index is 618. The van der Waals surface area contributed by atoms with E-state index >= 15 is 0 Å². The molecule has 0 saturated carbocycles. The fourth-order valence-corrected chi connectivity index (χ4v) is 2.04. The van der Waals surface area contributed by atoms with Crippen molar-refractivity contribution in [2.24, 2.45) is 0 Å². The lowest BCUT2D eigenvalue weighted by Crippen LogP contribution is -2.19. The molecule has 0 atom stereocenters. The molecule has 5 heteroatoms. The van der Waals surface area contributed by atoms with E-state index in [1.807, 2.05) is 38.1 Å². The summed E-state index contributed by atoms with van der Waals surface area (Å²) in [7, 11) is 0. The SMILES string of the molecule is CC.CC(C)(O)CCc1c([N+](=O)[O-])cnc2ccccc12. The Labute approximate surface area is 124 Å². The van der Waals surface area contributed by atoms with Gasteiger partial charge in [-0.3, -0.25) is 10.1 Å². The van der Waals surface area contributed by atoms with Crippen LogP contribution in [0.4, 0.5) is 5.69 Å². The number of rotatable bonds is 4. The van der Waals surface area contributed by atoms with E-state index < -0.39 is 10.5 Å². The van der Waals surface area contributed by atoms with Crippen LogP contribution < -0.4 is 0 Å². The zero-order chi connectivity index (χ0) is 16.0. The standard InChI is InChI=1S/C14H16N2O3.C2H6/c1-14(2,17)8-7-11-10-5-3-4-6-12(10)15-9-13(11)16(18)19;1-2/h3-6,9,17H,7-8H2,1-2H3;1-2H3. The number of hydrogen-bond acceptors (Lipinski definition) is 4. The maximum absolute atomic E-state index is 11.1. The maximum Gasteiger partial charge on any atom is 0.291 e. The van der Waals surface area contributed by atoms with Gasteiger partial charge in [-0.2, -0.15) is 0 Å². The smallest absolute Gasteiger partial charge is 0.291 e. The second-order valence-electron chi connectivity index (χ2n) is 5.21. The van der Waals surface area contributed by atoms with Gasteiger partial charge >= 0.3 is 0 Å². The van der Waals surface area contributed by atoms with Gasteiger partial charge < -0.3 is 5.11 Å². The first-order valence-electron chi connectivity index (χ1n) is 7.12. The number of benzene rings is 1. The zero-order valence-corrected chi connectivity index (χ0v) is 13.0. The minimum absolute atomic E-state index is 0.0166. The normalized spacial score (nSPS) is 10.9. The van der Waals surface area contributed by atoms with Crippen molar-refractivity contribution in [3.05, 3.63) is 46.1 Å². The molecular formula is C16H22N2O3. The quantitative estimate of drug-likeness (QED) is 0.685. The van der Waals surface area contributed by atoms with Gasteiger partial charge in [0.15, 0.2) is 0 Å². The van der Waals surface area contributed by atoms with Crippen molar-refractivity contribution >= 4 is 16.6 Å². The van der Waals surface area contributed by atoms with Crippen molar-refractivity contribution in [1.82, 2.24) is 4.98 Å². The van der Waals surface area contributed by atoms with Crippen molar-refractivity contribution in [1.29, 1.82) is 0 Å². The number of nitro groups is 1. The van der Waals surface area contributed by atoms with E-state index in [0.717, 1.165) is 10.9 Å². The number of fused-ring (bicyclic) bond motifs is 1. The van der Waals surface area contributed by atoms with E-state index in [1.165, 1.54) is 6.20 Å². The van der Waals surface area contributed by atoms with Crippen LogP contribution in [0.5, 0.6) is 0 Å². The van der Waals surface area contributed by atoms with Gasteiger partial charge in [0.25, 0.3) is 5.69 Å². The maximum atomic E-state index is 11.1. The molecule has 1 N–H and O–H groups in total. The van der Waals surface area contributed by atoms with Crippen molar-refractivity contribution < 1.29 is 10.0 Å². The summed E-state index contributed by atoms with van der Waals surface area (Å²) in [5, 5.41) is 21.7. The Kier molecular flexibility index (Phi) is 5.79. The van der Waals surface area contributed by atoms with E-state index in [0.29, 0.717) is 18.4 Å². The van der Waals surface area contributed by atoms with Crippen LogP contribution in [-0.2, 0) is 6.42 Å². The summed E-state index contributed by atoms with van der Waals surface area (Å²) in [4.78, 5) is 14.8. The number of pyridine rings is 1. The van der Waals surface area contributed by atoms with Gasteiger partial charge in [-0.1, -0.05) is 32.0 Å². The third-order valence-corrected chi connectivity index (χ3v) is 3.05. The summed E-state index contributed by atoms with van der Waals surface area (Å²) >= 11 is 0. The molecule has 0 aliphatic heterocycles. The Morgan fingerprint density at radius 2 is 1.90 bits per heavy atom. The van der Waals surface area contributed by atoms with Gasteiger partial charge in [-0.05, 0) is 32.8 Å². The summed E-state index contributed by atoms with van der Waals surface area (Å²) in [6.45, 7) is 7.39. The molecule has 0 fully saturated rings. The number of nitrogens with zero attached hydrogens (tertiary/aromatic N) is 2. The molecule has 21 heavy (non-hydrogen) atoms. The monoisotopic (exact) mass is 290 g/mol. The first kappa shape index (κ1) is 17.0. The molecule has 2 aromatic rings. The summed E-state index contributed by atoms with van der Waals surface area (Å²) in [6, 6.07) is 7.34. The highest BCUT2D eigenvalue weighted by Crippen LogP contribution is 2.28. The number of aryl methyl sites for hydroxylation is 1. The van der Waals surface area contributed by atoms with Crippen molar-refractivity contribution in [2.45, 2.75) is 46.1 Å². The topological polar surface area (TPSA) is 76.3 Å². The molecule has 1 heterocycles. The predicted octanol–water partition coefficient (Wildman–Crippen LogP) is 3.87. The van der Waals surface area contributed by atoms with Gasteiger partial charge in [-0.15, -0.1) is 0 Å². The highest BCUT2D eigenvalue weighted by atomic mass is 16.6. The summed E-state index contributed by atoms with van der Waals surface area (Å²) in [6.07, 6.45) is 2.20. The molecule has 0 amide bonds. The minimum atomic E-state index is -0.849. The molecule has 0 saturated heterocycles. The second kappa shape index (κ2) is 7.13. The molecule has 5 nitrogen and oxygen atoms in total. The minimum Gasteiger partial charge on any atom is -0.390 e. The first-order valence-corrected chi connectivity index (χ1v) is 7.12. The molecule has 2 rings (SSSR count). The van der Waals surface area contributed by atoms with E-state index in [9.17, 15) is 15.2 Å². The average Bonchev–Trinajstić information content (AvgIpc) is 2.45. The molecule has 0 aliphatic carbocycles. The predicted molar refractivity (Wildman–Crippen MR) is 84.4 cm³/mol. The van der Waals surface area contributed by atoms with Crippen LogP contribution >= 0.6 is 0 Å². The Morgan fingerprint density at radius 3 is 2.48 bits per heavy atom. The zero-order valence-electron chi connectivity index (χ0n) is 13.0. The molecule has 0 aliphatic rings. The summed E-state index contributed by atoms with van der Waals surface area (Å²) < 4.78 is 0. The van der Waals surface area contributed by atoms with Gasteiger partial charge in [-0.25, -0.2) is 4.98 Å². The van der Waals surface area contributed by atoms with Crippen LogP contribution in [0.2, 0.25) is 0 Å². The molecule has 0 radical (unpaired) electrons. The number of aliphatic hydroxyl groups is 1. The lowest BCUT2D eigenvalue weighted by Gasteiger charge is -2.17.